The van der Waals surface area contributed by atoms with E-state index in [9.17, 15) is 20.0 Å². The highest BCUT2D eigenvalue weighted by atomic mass is 16.4. The van der Waals surface area contributed by atoms with Crippen molar-refractivity contribution in [3.63, 3.8) is 0 Å². The maximum Gasteiger partial charge on any atom is 0.322 e. The van der Waals surface area contributed by atoms with Crippen molar-refractivity contribution in [1.82, 2.24) is 14.9 Å². The van der Waals surface area contributed by atoms with E-state index in [0.29, 0.717) is 23.0 Å². The average Bonchev–Trinajstić information content (AvgIpc) is 2.97. The molecule has 0 saturated carbocycles. The van der Waals surface area contributed by atoms with Gasteiger partial charge in [-0.1, -0.05) is 30.3 Å². The van der Waals surface area contributed by atoms with E-state index in [4.69, 9.17) is 5.11 Å². The molecule has 0 aliphatic rings. The first-order chi connectivity index (χ1) is 12.9. The number of carboxylic acid groups (broad SMARTS) is 1. The smallest absolute Gasteiger partial charge is 0.322 e. The minimum absolute atomic E-state index is 0.0210. The number of fused-ring (bicyclic) bond motifs is 1. The van der Waals surface area contributed by atoms with Crippen molar-refractivity contribution >= 4 is 22.8 Å². The third kappa shape index (κ3) is 3.43. The number of hydrogen-bond acceptors (Lipinski definition) is 5. The van der Waals surface area contributed by atoms with Gasteiger partial charge in [-0.2, -0.15) is 5.26 Å². The van der Waals surface area contributed by atoms with Crippen LogP contribution in [0, 0.1) is 18.3 Å². The number of hydrogen-bond donors (Lipinski definition) is 3. The molecule has 3 rings (SSSR count). The van der Waals surface area contributed by atoms with Gasteiger partial charge in [0, 0.05) is 18.1 Å². The van der Waals surface area contributed by atoms with Crippen LogP contribution in [-0.4, -0.2) is 38.2 Å². The van der Waals surface area contributed by atoms with Crippen LogP contribution in [0.3, 0.4) is 0 Å². The fourth-order valence-corrected chi connectivity index (χ4v) is 2.96. The molecule has 0 aliphatic carbocycles. The predicted octanol–water partition coefficient (Wildman–Crippen LogP) is 1.78. The number of aromatic hydroxyl groups is 1. The lowest BCUT2D eigenvalue weighted by Gasteiger charge is -2.10. The second kappa shape index (κ2) is 7.17. The molecule has 0 atom stereocenters. The molecule has 0 bridgehead atoms. The molecule has 2 heterocycles. The minimum Gasteiger partial charge on any atom is -0.505 e. The molecule has 0 spiro atoms. The Morgan fingerprint density at radius 1 is 1.30 bits per heavy atom. The number of aliphatic carboxylic acids is 1. The van der Waals surface area contributed by atoms with E-state index in [2.05, 4.69) is 10.3 Å². The van der Waals surface area contributed by atoms with E-state index >= 15 is 0 Å². The number of benzene rings is 1. The summed E-state index contributed by atoms with van der Waals surface area (Å²) in [5, 5.41) is 31.3. The second-order valence-corrected chi connectivity index (χ2v) is 6.00. The number of carbonyl (C=O) groups excluding carboxylic acids is 1. The first-order valence-electron chi connectivity index (χ1n) is 8.08. The largest absolute Gasteiger partial charge is 0.505 e. The number of rotatable bonds is 5. The molecule has 0 unspecified atom stereocenters. The maximum absolute atomic E-state index is 12.2. The van der Waals surface area contributed by atoms with E-state index in [1.165, 1.54) is 0 Å². The Balaban J connectivity index is 2.13. The molecule has 0 fully saturated rings. The Morgan fingerprint density at radius 2 is 2.00 bits per heavy atom. The summed E-state index contributed by atoms with van der Waals surface area (Å²) in [6, 6.07) is 11.5. The van der Waals surface area contributed by atoms with Gasteiger partial charge in [-0.15, -0.1) is 0 Å². The summed E-state index contributed by atoms with van der Waals surface area (Å²) in [6.45, 7) is 1.60. The Kier molecular flexibility index (Phi) is 4.77. The molecular formula is C19H16N4O4. The zero-order valence-electron chi connectivity index (χ0n) is 14.4. The molecule has 8 heteroatoms. The molecule has 0 saturated heterocycles. The van der Waals surface area contributed by atoms with Crippen LogP contribution in [0.15, 0.2) is 36.5 Å². The Hall–Kier alpha value is -3.86. The fraction of sp³-hybridized carbons (Fsp3) is 0.158. The van der Waals surface area contributed by atoms with E-state index in [0.717, 1.165) is 5.56 Å². The third-order valence-corrected chi connectivity index (χ3v) is 4.09. The van der Waals surface area contributed by atoms with Crippen molar-refractivity contribution in [2.75, 3.05) is 6.54 Å². The van der Waals surface area contributed by atoms with E-state index in [1.54, 1.807) is 17.7 Å². The number of amides is 1. The molecule has 2 aromatic heterocycles. The first kappa shape index (κ1) is 17.9. The Morgan fingerprint density at radius 3 is 2.63 bits per heavy atom. The van der Waals surface area contributed by atoms with Crippen LogP contribution in [0.4, 0.5) is 0 Å². The second-order valence-electron chi connectivity index (χ2n) is 6.00. The highest BCUT2D eigenvalue weighted by molar-refractivity contribution is 6.04. The van der Waals surface area contributed by atoms with Gasteiger partial charge >= 0.3 is 5.97 Å². The number of aromatic nitrogens is 2. The van der Waals surface area contributed by atoms with Gasteiger partial charge in [0.2, 0.25) is 0 Å². The van der Waals surface area contributed by atoms with E-state index < -0.39 is 18.4 Å². The van der Waals surface area contributed by atoms with Crippen molar-refractivity contribution < 1.29 is 19.8 Å². The van der Waals surface area contributed by atoms with Crippen molar-refractivity contribution in [3.8, 4) is 11.8 Å². The van der Waals surface area contributed by atoms with Crippen LogP contribution in [-0.2, 0) is 11.3 Å². The highest BCUT2D eigenvalue weighted by Crippen LogP contribution is 2.34. The normalized spacial score (nSPS) is 10.5. The Bertz CT molecular complexity index is 1080. The summed E-state index contributed by atoms with van der Waals surface area (Å²) < 4.78 is 1.80. The molecule has 3 aromatic rings. The SMILES string of the molecule is Cc1cn(Cc2ccccc2)c2c(C#N)nc(C(=O)NCC(=O)O)c(O)c12. The topological polar surface area (TPSA) is 128 Å². The molecule has 0 radical (unpaired) electrons. The van der Waals surface area contributed by atoms with Gasteiger partial charge in [0.25, 0.3) is 5.91 Å². The van der Waals surface area contributed by atoms with Crippen LogP contribution < -0.4 is 5.32 Å². The van der Waals surface area contributed by atoms with Crippen molar-refractivity contribution in [2.45, 2.75) is 13.5 Å². The third-order valence-electron chi connectivity index (χ3n) is 4.09. The lowest BCUT2D eigenvalue weighted by Crippen LogP contribution is -2.30. The summed E-state index contributed by atoms with van der Waals surface area (Å²) in [5.74, 6) is -2.46. The summed E-state index contributed by atoms with van der Waals surface area (Å²) in [4.78, 5) is 26.8. The Labute approximate surface area is 154 Å². The number of nitriles is 1. The average molecular weight is 364 g/mol. The van der Waals surface area contributed by atoms with Crippen LogP contribution in [0.5, 0.6) is 5.75 Å². The fourth-order valence-electron chi connectivity index (χ4n) is 2.96. The molecule has 27 heavy (non-hydrogen) atoms. The van der Waals surface area contributed by atoms with Crippen molar-refractivity contribution in [3.05, 3.63) is 59.0 Å². The van der Waals surface area contributed by atoms with Crippen LogP contribution >= 0.6 is 0 Å². The van der Waals surface area contributed by atoms with Crippen LogP contribution in [0.25, 0.3) is 10.9 Å². The minimum atomic E-state index is -1.23. The maximum atomic E-state index is 12.2. The van der Waals surface area contributed by atoms with Crippen molar-refractivity contribution in [2.24, 2.45) is 0 Å². The summed E-state index contributed by atoms with van der Waals surface area (Å²) in [5.41, 5.74) is 1.70. The number of pyridine rings is 1. The van der Waals surface area contributed by atoms with Crippen LogP contribution in [0.1, 0.15) is 27.3 Å². The molecule has 1 aromatic carbocycles. The molecule has 3 N–H and O–H groups in total. The number of carbonyl (C=O) groups is 2. The summed E-state index contributed by atoms with van der Waals surface area (Å²) in [6.07, 6.45) is 1.78. The van der Waals surface area contributed by atoms with Gasteiger partial charge in [0.1, 0.15) is 12.6 Å². The number of nitrogens with zero attached hydrogens (tertiary/aromatic N) is 3. The van der Waals surface area contributed by atoms with Gasteiger partial charge in [-0.3, -0.25) is 9.59 Å². The summed E-state index contributed by atoms with van der Waals surface area (Å²) in [7, 11) is 0. The van der Waals surface area contributed by atoms with E-state index in [1.807, 2.05) is 36.4 Å². The zero-order chi connectivity index (χ0) is 19.6. The number of aryl methyl sites for hydroxylation is 1. The molecular weight excluding hydrogens is 348 g/mol. The monoisotopic (exact) mass is 364 g/mol. The van der Waals surface area contributed by atoms with Gasteiger partial charge in [0.05, 0.1) is 5.52 Å². The summed E-state index contributed by atoms with van der Waals surface area (Å²) >= 11 is 0. The zero-order valence-corrected chi connectivity index (χ0v) is 14.4. The molecule has 136 valence electrons. The van der Waals surface area contributed by atoms with Crippen molar-refractivity contribution in [1.29, 1.82) is 5.26 Å². The van der Waals surface area contributed by atoms with Crippen LogP contribution in [0.2, 0.25) is 0 Å². The van der Waals surface area contributed by atoms with Gasteiger partial charge in [-0.05, 0) is 18.1 Å². The predicted molar refractivity (Wildman–Crippen MR) is 96.4 cm³/mol. The standard InChI is InChI=1S/C19H16N4O4/c1-11-9-23(10-12-5-3-2-4-6-12)17-13(7-20)22-16(18(26)15(11)17)19(27)21-8-14(24)25/h2-6,9,26H,8,10H2,1H3,(H,21,27)(H,24,25). The van der Waals surface area contributed by atoms with Gasteiger partial charge in [0.15, 0.2) is 17.1 Å². The number of nitrogens with one attached hydrogen (secondary N) is 1. The first-order valence-corrected chi connectivity index (χ1v) is 8.08. The lowest BCUT2D eigenvalue weighted by atomic mass is 10.1. The van der Waals surface area contributed by atoms with E-state index in [-0.39, 0.29) is 17.1 Å². The highest BCUT2D eigenvalue weighted by Gasteiger charge is 2.23. The molecule has 0 aliphatic heterocycles. The van der Waals surface area contributed by atoms with Gasteiger partial charge in [-0.25, -0.2) is 4.98 Å². The van der Waals surface area contributed by atoms with Gasteiger partial charge < -0.3 is 20.1 Å². The molecule has 1 amide bonds. The number of carboxylic acids is 1. The quantitative estimate of drug-likeness (QED) is 0.633. The molecule has 8 nitrogen and oxygen atoms in total. The lowest BCUT2D eigenvalue weighted by molar-refractivity contribution is -0.135.